The summed E-state index contributed by atoms with van der Waals surface area (Å²) in [7, 11) is 0. The fraction of sp³-hybridized carbons (Fsp3) is 0.500. The molecule has 3 nitrogen and oxygen atoms in total. The summed E-state index contributed by atoms with van der Waals surface area (Å²) in [6.45, 7) is 3.47. The van der Waals surface area contributed by atoms with Crippen LogP contribution in [0.1, 0.15) is 12.8 Å². The predicted octanol–water partition coefficient (Wildman–Crippen LogP) is 2.40. The Hall–Kier alpha value is -1.22. The Labute approximate surface area is 112 Å². The molecular formula is C14H17ClN2O. The lowest BCUT2D eigenvalue weighted by Crippen LogP contribution is -2.49. The van der Waals surface area contributed by atoms with Crippen LogP contribution in [0, 0.1) is 5.92 Å². The highest BCUT2D eigenvalue weighted by atomic mass is 35.5. The van der Waals surface area contributed by atoms with Gasteiger partial charge in [-0.05, 0) is 31.0 Å². The Kier molecular flexibility index (Phi) is 3.16. The van der Waals surface area contributed by atoms with Gasteiger partial charge in [0.15, 0.2) is 0 Å². The summed E-state index contributed by atoms with van der Waals surface area (Å²) in [6.07, 6.45) is 2.18. The van der Waals surface area contributed by atoms with Crippen LogP contribution in [0.2, 0.25) is 5.02 Å². The molecule has 3 rings (SSSR count). The average molecular weight is 265 g/mol. The summed E-state index contributed by atoms with van der Waals surface area (Å²) in [5, 5.41) is 0.768. The zero-order valence-corrected chi connectivity index (χ0v) is 11.1. The molecule has 0 N–H and O–H groups in total. The number of carbonyl (C=O) groups excluding carboxylic acids is 1. The number of hydrogen-bond acceptors (Lipinski definition) is 2. The molecule has 0 bridgehead atoms. The van der Waals surface area contributed by atoms with Gasteiger partial charge in [-0.2, -0.15) is 0 Å². The van der Waals surface area contributed by atoms with Gasteiger partial charge in [0.1, 0.15) is 0 Å². The van der Waals surface area contributed by atoms with Crippen LogP contribution in [-0.4, -0.2) is 37.0 Å². The lowest BCUT2D eigenvalue weighted by Gasteiger charge is -2.36. The molecule has 1 aromatic carbocycles. The number of nitrogens with zero attached hydrogens (tertiary/aromatic N) is 2. The van der Waals surface area contributed by atoms with E-state index in [1.807, 2.05) is 23.1 Å². The Morgan fingerprint density at radius 2 is 1.89 bits per heavy atom. The fourth-order valence-electron chi connectivity index (χ4n) is 2.45. The van der Waals surface area contributed by atoms with Gasteiger partial charge in [0.05, 0.1) is 0 Å². The largest absolute Gasteiger partial charge is 0.368 e. The molecule has 0 radical (unpaired) electrons. The van der Waals surface area contributed by atoms with Crippen LogP contribution in [0.4, 0.5) is 5.69 Å². The monoisotopic (exact) mass is 264 g/mol. The first-order chi connectivity index (χ1) is 8.74. The van der Waals surface area contributed by atoms with Crippen molar-refractivity contribution in [1.82, 2.24) is 4.90 Å². The van der Waals surface area contributed by atoms with Gasteiger partial charge >= 0.3 is 0 Å². The van der Waals surface area contributed by atoms with E-state index in [2.05, 4.69) is 11.0 Å². The second kappa shape index (κ2) is 4.81. The molecule has 0 aromatic heterocycles. The number of carbonyl (C=O) groups is 1. The number of piperazine rings is 1. The van der Waals surface area contributed by atoms with Gasteiger partial charge < -0.3 is 9.80 Å². The standard InChI is InChI=1S/C14H17ClN2O/c15-12-2-1-3-13(10-12)16-6-8-17(9-7-16)14(18)11-4-5-11/h1-3,10-11H,4-9H2. The van der Waals surface area contributed by atoms with Crippen LogP contribution < -0.4 is 4.90 Å². The smallest absolute Gasteiger partial charge is 0.225 e. The quantitative estimate of drug-likeness (QED) is 0.819. The van der Waals surface area contributed by atoms with Crippen molar-refractivity contribution in [3.8, 4) is 0 Å². The first kappa shape index (κ1) is 11.8. The van der Waals surface area contributed by atoms with Crippen LogP contribution >= 0.6 is 11.6 Å². The lowest BCUT2D eigenvalue weighted by molar-refractivity contribution is -0.132. The number of halogens is 1. The van der Waals surface area contributed by atoms with Crippen molar-refractivity contribution in [3.05, 3.63) is 29.3 Å². The molecule has 1 saturated heterocycles. The van der Waals surface area contributed by atoms with Crippen LogP contribution in [0.25, 0.3) is 0 Å². The molecule has 0 atom stereocenters. The normalized spacial score (nSPS) is 20.1. The molecule has 2 aliphatic rings. The van der Waals surface area contributed by atoms with E-state index in [-0.39, 0.29) is 0 Å². The van der Waals surface area contributed by atoms with E-state index in [0.29, 0.717) is 11.8 Å². The van der Waals surface area contributed by atoms with Crippen LogP contribution in [0.5, 0.6) is 0 Å². The van der Waals surface area contributed by atoms with Crippen molar-refractivity contribution < 1.29 is 4.79 Å². The molecule has 4 heteroatoms. The summed E-state index contributed by atoms with van der Waals surface area (Å²) in [5.41, 5.74) is 1.15. The van der Waals surface area contributed by atoms with Gasteiger partial charge in [-0.15, -0.1) is 0 Å². The van der Waals surface area contributed by atoms with Gasteiger partial charge in [-0.3, -0.25) is 4.79 Å². The molecule has 1 heterocycles. The zero-order chi connectivity index (χ0) is 12.5. The topological polar surface area (TPSA) is 23.6 Å². The number of rotatable bonds is 2. The minimum Gasteiger partial charge on any atom is -0.368 e. The van der Waals surface area contributed by atoms with Gasteiger partial charge in [-0.25, -0.2) is 0 Å². The van der Waals surface area contributed by atoms with Crippen molar-refractivity contribution in [2.45, 2.75) is 12.8 Å². The highest BCUT2D eigenvalue weighted by Gasteiger charge is 2.34. The van der Waals surface area contributed by atoms with Gasteiger partial charge in [-0.1, -0.05) is 17.7 Å². The molecular weight excluding hydrogens is 248 g/mol. The predicted molar refractivity (Wildman–Crippen MR) is 73.0 cm³/mol. The minimum absolute atomic E-state index is 0.336. The second-order valence-corrected chi connectivity index (χ2v) is 5.50. The first-order valence-electron chi connectivity index (χ1n) is 6.53. The van der Waals surface area contributed by atoms with E-state index < -0.39 is 0 Å². The number of benzene rings is 1. The third-order valence-electron chi connectivity index (χ3n) is 3.69. The maximum atomic E-state index is 11.9. The molecule has 0 unspecified atom stereocenters. The molecule has 1 amide bonds. The number of amides is 1. The minimum atomic E-state index is 0.336. The molecule has 1 aliphatic carbocycles. The van der Waals surface area contributed by atoms with E-state index >= 15 is 0 Å². The Bertz CT molecular complexity index is 451. The molecule has 1 saturated carbocycles. The van der Waals surface area contributed by atoms with Gasteiger partial charge in [0.2, 0.25) is 5.91 Å². The van der Waals surface area contributed by atoms with Crippen LogP contribution in [0.3, 0.4) is 0 Å². The summed E-state index contributed by atoms with van der Waals surface area (Å²) >= 11 is 6.00. The third kappa shape index (κ3) is 2.46. The van der Waals surface area contributed by atoms with Crippen LogP contribution in [-0.2, 0) is 4.79 Å². The summed E-state index contributed by atoms with van der Waals surface area (Å²) < 4.78 is 0. The second-order valence-electron chi connectivity index (χ2n) is 5.07. The van der Waals surface area contributed by atoms with E-state index in [4.69, 9.17) is 11.6 Å². The zero-order valence-electron chi connectivity index (χ0n) is 10.3. The SMILES string of the molecule is O=C(C1CC1)N1CCN(c2cccc(Cl)c2)CC1. The number of hydrogen-bond donors (Lipinski definition) is 0. The van der Waals surface area contributed by atoms with Crippen molar-refractivity contribution in [3.63, 3.8) is 0 Å². The summed E-state index contributed by atoms with van der Waals surface area (Å²) in [4.78, 5) is 16.3. The molecule has 18 heavy (non-hydrogen) atoms. The van der Waals surface area contributed by atoms with Crippen molar-refractivity contribution in [2.24, 2.45) is 5.92 Å². The fourth-order valence-corrected chi connectivity index (χ4v) is 2.63. The van der Waals surface area contributed by atoms with Crippen molar-refractivity contribution >= 4 is 23.2 Å². The summed E-state index contributed by atoms with van der Waals surface area (Å²) in [5.74, 6) is 0.698. The van der Waals surface area contributed by atoms with Gasteiger partial charge in [0, 0.05) is 42.8 Å². The number of anilines is 1. The maximum Gasteiger partial charge on any atom is 0.225 e. The van der Waals surface area contributed by atoms with Crippen LogP contribution in [0.15, 0.2) is 24.3 Å². The molecule has 1 aromatic rings. The Balaban J connectivity index is 1.61. The van der Waals surface area contributed by atoms with Crippen molar-refractivity contribution in [1.29, 1.82) is 0 Å². The maximum absolute atomic E-state index is 11.9. The first-order valence-corrected chi connectivity index (χ1v) is 6.91. The Morgan fingerprint density at radius 1 is 1.17 bits per heavy atom. The van der Waals surface area contributed by atoms with E-state index in [1.54, 1.807) is 0 Å². The summed E-state index contributed by atoms with van der Waals surface area (Å²) in [6, 6.07) is 7.92. The Morgan fingerprint density at radius 3 is 2.50 bits per heavy atom. The molecule has 1 aliphatic heterocycles. The van der Waals surface area contributed by atoms with Gasteiger partial charge in [0.25, 0.3) is 0 Å². The van der Waals surface area contributed by atoms with E-state index in [0.717, 1.165) is 49.7 Å². The van der Waals surface area contributed by atoms with E-state index in [9.17, 15) is 4.79 Å². The lowest BCUT2D eigenvalue weighted by atomic mass is 10.2. The highest BCUT2D eigenvalue weighted by molar-refractivity contribution is 6.30. The molecule has 2 fully saturated rings. The van der Waals surface area contributed by atoms with E-state index in [1.165, 1.54) is 0 Å². The molecule has 96 valence electrons. The third-order valence-corrected chi connectivity index (χ3v) is 3.93. The molecule has 0 spiro atoms. The highest BCUT2D eigenvalue weighted by Crippen LogP contribution is 2.31. The van der Waals surface area contributed by atoms with Crippen molar-refractivity contribution in [2.75, 3.05) is 31.1 Å². The average Bonchev–Trinajstić information content (AvgIpc) is 3.22.